The van der Waals surface area contributed by atoms with Crippen LogP contribution < -0.4 is 5.32 Å². The number of aromatic nitrogens is 1. The Morgan fingerprint density at radius 1 is 1.27 bits per heavy atom. The number of benzene rings is 1. The average Bonchev–Trinajstić information content (AvgIpc) is 2.90. The maximum Gasteiger partial charge on any atom is 0.321 e. The molecule has 2 aromatic rings. The third-order valence-electron chi connectivity index (χ3n) is 3.88. The zero-order valence-electron chi connectivity index (χ0n) is 13.2. The zero-order valence-corrected chi connectivity index (χ0v) is 14.0. The normalized spacial score (nSPS) is 15.5. The van der Waals surface area contributed by atoms with Crippen molar-refractivity contribution in [2.45, 2.75) is 20.4 Å². The van der Waals surface area contributed by atoms with Gasteiger partial charge in [-0.3, -0.25) is 0 Å². The van der Waals surface area contributed by atoms with E-state index in [1.807, 2.05) is 22.7 Å². The molecular weight excluding hydrogens is 294 g/mol. The lowest BCUT2D eigenvalue weighted by Gasteiger charge is -2.26. The minimum atomic E-state index is 0.0151. The van der Waals surface area contributed by atoms with Crippen LogP contribution in [0.2, 0.25) is 0 Å². The van der Waals surface area contributed by atoms with Crippen LogP contribution in [0.25, 0.3) is 10.9 Å². The van der Waals surface area contributed by atoms with Crippen LogP contribution >= 0.6 is 11.8 Å². The number of anilines is 1. The molecule has 0 saturated carbocycles. The van der Waals surface area contributed by atoms with Gasteiger partial charge < -0.3 is 14.8 Å². The van der Waals surface area contributed by atoms with E-state index in [1.165, 1.54) is 10.9 Å². The maximum atomic E-state index is 12.3. The summed E-state index contributed by atoms with van der Waals surface area (Å²) in [5, 5.41) is 4.20. The number of carbonyl (C=O) groups is 1. The van der Waals surface area contributed by atoms with Crippen molar-refractivity contribution in [3.05, 3.63) is 30.5 Å². The zero-order chi connectivity index (χ0) is 15.5. The first-order valence-electron chi connectivity index (χ1n) is 7.86. The smallest absolute Gasteiger partial charge is 0.321 e. The van der Waals surface area contributed by atoms with Gasteiger partial charge in [0.15, 0.2) is 0 Å². The molecule has 2 heterocycles. The molecule has 1 aliphatic rings. The second-order valence-electron chi connectivity index (χ2n) is 6.17. The highest BCUT2D eigenvalue weighted by Gasteiger charge is 2.16. The Balaban J connectivity index is 1.73. The highest BCUT2D eigenvalue weighted by Crippen LogP contribution is 2.22. The van der Waals surface area contributed by atoms with E-state index in [0.717, 1.165) is 36.8 Å². The monoisotopic (exact) mass is 317 g/mol. The second-order valence-corrected chi connectivity index (χ2v) is 7.39. The fourth-order valence-corrected chi connectivity index (χ4v) is 3.70. The molecule has 0 unspecified atom stereocenters. The predicted molar refractivity (Wildman–Crippen MR) is 94.7 cm³/mol. The Morgan fingerprint density at radius 3 is 2.77 bits per heavy atom. The number of fused-ring (bicyclic) bond motifs is 1. The van der Waals surface area contributed by atoms with Crippen molar-refractivity contribution in [3.8, 4) is 0 Å². The van der Waals surface area contributed by atoms with Crippen molar-refractivity contribution >= 4 is 34.4 Å². The molecule has 0 radical (unpaired) electrons. The lowest BCUT2D eigenvalue weighted by molar-refractivity contribution is 0.217. The average molecular weight is 317 g/mol. The summed E-state index contributed by atoms with van der Waals surface area (Å²) >= 11 is 1.91. The van der Waals surface area contributed by atoms with Crippen LogP contribution in [-0.4, -0.2) is 40.1 Å². The highest BCUT2D eigenvalue weighted by molar-refractivity contribution is 7.99. The van der Waals surface area contributed by atoms with Gasteiger partial charge in [-0.15, -0.1) is 0 Å². The molecular formula is C17H23N3OS. The standard InChI is InChI=1S/C17H23N3OS/c1-13(2)12-20-6-5-14-11-15(3-4-16(14)20)18-17(21)19-7-9-22-10-8-19/h3-6,11,13H,7-10,12H2,1-2H3,(H,18,21). The summed E-state index contributed by atoms with van der Waals surface area (Å²) in [7, 11) is 0. The van der Waals surface area contributed by atoms with Crippen LogP contribution in [0, 0.1) is 5.92 Å². The van der Waals surface area contributed by atoms with Gasteiger partial charge in [0.2, 0.25) is 0 Å². The third-order valence-corrected chi connectivity index (χ3v) is 4.82. The lowest BCUT2D eigenvalue weighted by Crippen LogP contribution is -2.40. The first kappa shape index (κ1) is 15.3. The molecule has 1 fully saturated rings. The minimum absolute atomic E-state index is 0.0151. The topological polar surface area (TPSA) is 37.3 Å². The van der Waals surface area contributed by atoms with Crippen molar-refractivity contribution in [3.63, 3.8) is 0 Å². The van der Waals surface area contributed by atoms with Crippen molar-refractivity contribution < 1.29 is 4.79 Å². The number of carbonyl (C=O) groups excluding carboxylic acids is 1. The van der Waals surface area contributed by atoms with Gasteiger partial charge in [0, 0.05) is 53.9 Å². The number of hydrogen-bond donors (Lipinski definition) is 1. The summed E-state index contributed by atoms with van der Waals surface area (Å²) in [6.07, 6.45) is 2.12. The quantitative estimate of drug-likeness (QED) is 0.933. The molecule has 4 nitrogen and oxygen atoms in total. The van der Waals surface area contributed by atoms with Crippen LogP contribution in [0.5, 0.6) is 0 Å². The van der Waals surface area contributed by atoms with Gasteiger partial charge in [0.1, 0.15) is 0 Å². The summed E-state index contributed by atoms with van der Waals surface area (Å²) in [4.78, 5) is 14.1. The first-order valence-corrected chi connectivity index (χ1v) is 9.01. The number of thioether (sulfide) groups is 1. The van der Waals surface area contributed by atoms with Crippen molar-refractivity contribution in [2.75, 3.05) is 29.9 Å². The molecule has 3 rings (SSSR count). The molecule has 5 heteroatoms. The van der Waals surface area contributed by atoms with Crippen LogP contribution in [0.3, 0.4) is 0 Å². The van der Waals surface area contributed by atoms with E-state index in [9.17, 15) is 4.79 Å². The van der Waals surface area contributed by atoms with Crippen molar-refractivity contribution in [1.29, 1.82) is 0 Å². The van der Waals surface area contributed by atoms with Crippen molar-refractivity contribution in [1.82, 2.24) is 9.47 Å². The molecule has 1 N–H and O–H groups in total. The Hall–Kier alpha value is -1.62. The molecule has 1 aromatic heterocycles. The molecule has 118 valence electrons. The van der Waals surface area contributed by atoms with Crippen LogP contribution in [0.15, 0.2) is 30.5 Å². The van der Waals surface area contributed by atoms with E-state index in [4.69, 9.17) is 0 Å². The SMILES string of the molecule is CC(C)Cn1ccc2cc(NC(=O)N3CCSCC3)ccc21. The Bertz CT molecular complexity index is 659. The Morgan fingerprint density at radius 2 is 2.05 bits per heavy atom. The lowest BCUT2D eigenvalue weighted by atomic mass is 10.2. The van der Waals surface area contributed by atoms with Gasteiger partial charge in [-0.2, -0.15) is 11.8 Å². The number of rotatable bonds is 3. The highest BCUT2D eigenvalue weighted by atomic mass is 32.2. The van der Waals surface area contributed by atoms with Gasteiger partial charge in [-0.05, 0) is 30.2 Å². The molecule has 1 aromatic carbocycles. The molecule has 0 bridgehead atoms. The molecule has 0 atom stereocenters. The minimum Gasteiger partial charge on any atom is -0.347 e. The largest absolute Gasteiger partial charge is 0.347 e. The molecule has 0 spiro atoms. The number of hydrogen-bond acceptors (Lipinski definition) is 2. The molecule has 0 aliphatic carbocycles. The number of nitrogens with zero attached hydrogens (tertiary/aromatic N) is 2. The summed E-state index contributed by atoms with van der Waals surface area (Å²) in [5.74, 6) is 2.68. The fraction of sp³-hybridized carbons (Fsp3) is 0.471. The van der Waals surface area contributed by atoms with E-state index in [0.29, 0.717) is 5.92 Å². The second kappa shape index (κ2) is 6.65. The third kappa shape index (κ3) is 3.40. The number of nitrogens with one attached hydrogen (secondary N) is 1. The summed E-state index contributed by atoms with van der Waals surface area (Å²) in [5.41, 5.74) is 2.10. The van der Waals surface area contributed by atoms with E-state index >= 15 is 0 Å². The molecule has 1 saturated heterocycles. The molecule has 22 heavy (non-hydrogen) atoms. The summed E-state index contributed by atoms with van der Waals surface area (Å²) in [6.45, 7) is 7.13. The number of amides is 2. The van der Waals surface area contributed by atoms with Crippen molar-refractivity contribution in [2.24, 2.45) is 5.92 Å². The number of urea groups is 1. The predicted octanol–water partition coefficient (Wildman–Crippen LogP) is 3.88. The van der Waals surface area contributed by atoms with E-state index in [2.05, 4.69) is 48.1 Å². The van der Waals surface area contributed by atoms with E-state index in [-0.39, 0.29) is 6.03 Å². The van der Waals surface area contributed by atoms with E-state index in [1.54, 1.807) is 0 Å². The summed E-state index contributed by atoms with van der Waals surface area (Å²) in [6, 6.07) is 8.28. The van der Waals surface area contributed by atoms with Gasteiger partial charge in [-0.25, -0.2) is 4.79 Å². The van der Waals surface area contributed by atoms with Crippen LogP contribution in [-0.2, 0) is 6.54 Å². The molecule has 1 aliphatic heterocycles. The Kier molecular flexibility index (Phi) is 4.62. The molecule has 2 amide bonds. The van der Waals surface area contributed by atoms with Crippen LogP contribution in [0.4, 0.5) is 10.5 Å². The van der Waals surface area contributed by atoms with Crippen LogP contribution in [0.1, 0.15) is 13.8 Å². The Labute approximate surface area is 135 Å². The van der Waals surface area contributed by atoms with E-state index < -0.39 is 0 Å². The summed E-state index contributed by atoms with van der Waals surface area (Å²) < 4.78 is 2.27. The van der Waals surface area contributed by atoms with Gasteiger partial charge in [0.05, 0.1) is 0 Å². The maximum absolute atomic E-state index is 12.3. The van der Waals surface area contributed by atoms with Gasteiger partial charge in [0.25, 0.3) is 0 Å². The fourth-order valence-electron chi connectivity index (χ4n) is 2.80. The van der Waals surface area contributed by atoms with Gasteiger partial charge >= 0.3 is 6.03 Å². The van der Waals surface area contributed by atoms with Gasteiger partial charge in [-0.1, -0.05) is 13.8 Å². The first-order chi connectivity index (χ1) is 10.6.